The fraction of sp³-hybridized carbons (Fsp3) is 0.923. The van der Waals surface area contributed by atoms with E-state index in [0.29, 0.717) is 11.7 Å². The molecule has 0 aliphatic rings. The van der Waals surface area contributed by atoms with E-state index in [4.69, 9.17) is 0 Å². The zero-order chi connectivity index (χ0) is 13.3. The number of carbonyl (C=O) groups is 1. The molecule has 0 amide bonds. The van der Waals surface area contributed by atoms with Gasteiger partial charge in [-0.2, -0.15) is 11.8 Å². The van der Waals surface area contributed by atoms with Crippen molar-refractivity contribution in [3.63, 3.8) is 0 Å². The van der Waals surface area contributed by atoms with Crippen LogP contribution in [0.25, 0.3) is 0 Å². The molecular formula is C13H27NO2S. The Morgan fingerprint density at radius 3 is 2.53 bits per heavy atom. The molecule has 0 aliphatic carbocycles. The van der Waals surface area contributed by atoms with Gasteiger partial charge in [0.05, 0.1) is 0 Å². The summed E-state index contributed by atoms with van der Waals surface area (Å²) in [4.78, 5) is 11.2. The molecule has 0 saturated heterocycles. The number of rotatable bonds is 10. The van der Waals surface area contributed by atoms with E-state index in [9.17, 15) is 9.90 Å². The molecule has 0 aromatic rings. The number of thioether (sulfide) groups is 1. The minimum Gasteiger partial charge on any atom is -0.480 e. The molecule has 0 aromatic heterocycles. The van der Waals surface area contributed by atoms with Gasteiger partial charge < -0.3 is 10.4 Å². The Hall–Kier alpha value is -0.220. The van der Waals surface area contributed by atoms with Crippen molar-refractivity contribution in [3.05, 3.63) is 0 Å². The molecular weight excluding hydrogens is 234 g/mol. The van der Waals surface area contributed by atoms with Gasteiger partial charge in [-0.25, -0.2) is 0 Å². The van der Waals surface area contributed by atoms with E-state index in [2.05, 4.69) is 26.1 Å². The summed E-state index contributed by atoms with van der Waals surface area (Å²) in [5.74, 6) is 0.392. The third-order valence-electron chi connectivity index (χ3n) is 2.76. The highest BCUT2D eigenvalue weighted by Crippen LogP contribution is 2.17. The van der Waals surface area contributed by atoms with Crippen LogP contribution in [0.2, 0.25) is 0 Å². The van der Waals surface area contributed by atoms with Crippen LogP contribution < -0.4 is 5.32 Å². The maximum Gasteiger partial charge on any atom is 0.323 e. The van der Waals surface area contributed by atoms with Crippen molar-refractivity contribution in [2.45, 2.75) is 64.2 Å². The summed E-state index contributed by atoms with van der Waals surface area (Å²) in [6.45, 7) is 8.99. The number of hydrogen-bond acceptors (Lipinski definition) is 3. The van der Waals surface area contributed by atoms with Gasteiger partial charge in [0.2, 0.25) is 0 Å². The number of nitrogens with one attached hydrogen (secondary N) is 1. The molecule has 0 radical (unpaired) electrons. The molecule has 0 fully saturated rings. The summed E-state index contributed by atoms with van der Waals surface area (Å²) in [6, 6.07) is 0. The Morgan fingerprint density at radius 2 is 2.06 bits per heavy atom. The highest BCUT2D eigenvalue weighted by molar-refractivity contribution is 7.99. The first-order chi connectivity index (χ1) is 7.92. The van der Waals surface area contributed by atoms with Crippen molar-refractivity contribution >= 4 is 17.7 Å². The van der Waals surface area contributed by atoms with E-state index in [1.165, 1.54) is 0 Å². The summed E-state index contributed by atoms with van der Waals surface area (Å²) < 4.78 is 0. The van der Waals surface area contributed by atoms with Gasteiger partial charge in [0.1, 0.15) is 5.54 Å². The lowest BCUT2D eigenvalue weighted by atomic mass is 9.95. The van der Waals surface area contributed by atoms with Crippen LogP contribution in [0, 0.1) is 0 Å². The molecule has 4 heteroatoms. The second-order valence-corrected chi connectivity index (χ2v) is 6.63. The first-order valence-electron chi connectivity index (χ1n) is 6.52. The maximum absolute atomic E-state index is 11.2. The number of aliphatic carboxylic acids is 1. The lowest BCUT2D eigenvalue weighted by molar-refractivity contribution is -0.144. The minimum atomic E-state index is -0.751. The molecule has 0 saturated carbocycles. The highest BCUT2D eigenvalue weighted by Gasteiger charge is 2.31. The molecule has 17 heavy (non-hydrogen) atoms. The molecule has 1 unspecified atom stereocenters. The summed E-state index contributed by atoms with van der Waals surface area (Å²) in [7, 11) is 0. The Morgan fingerprint density at radius 1 is 1.41 bits per heavy atom. The van der Waals surface area contributed by atoms with Crippen LogP contribution in [0.3, 0.4) is 0 Å². The molecule has 0 spiro atoms. The zero-order valence-electron chi connectivity index (χ0n) is 11.6. The lowest BCUT2D eigenvalue weighted by Gasteiger charge is -2.26. The highest BCUT2D eigenvalue weighted by atomic mass is 32.2. The number of carboxylic acid groups (broad SMARTS) is 1. The summed E-state index contributed by atoms with van der Waals surface area (Å²) >= 11 is 1.94. The van der Waals surface area contributed by atoms with Gasteiger partial charge >= 0.3 is 5.97 Å². The fourth-order valence-corrected chi connectivity index (χ4v) is 2.41. The van der Waals surface area contributed by atoms with Gasteiger partial charge in [-0.3, -0.25) is 4.79 Å². The van der Waals surface area contributed by atoms with E-state index in [1.807, 2.05) is 11.8 Å². The molecule has 102 valence electrons. The zero-order valence-corrected chi connectivity index (χ0v) is 12.4. The van der Waals surface area contributed by atoms with Gasteiger partial charge in [-0.1, -0.05) is 27.2 Å². The van der Waals surface area contributed by atoms with Crippen molar-refractivity contribution in [1.82, 2.24) is 5.32 Å². The van der Waals surface area contributed by atoms with E-state index in [-0.39, 0.29) is 0 Å². The van der Waals surface area contributed by atoms with Crippen LogP contribution in [0.1, 0.15) is 53.4 Å². The molecule has 2 N–H and O–H groups in total. The number of carboxylic acids is 1. The molecule has 0 heterocycles. The standard InChI is InChI=1S/C13H27NO2S/c1-5-9-14-13(4,12(15)16)8-6-7-10-17-11(2)3/h11,14H,5-10H2,1-4H3,(H,15,16). The van der Waals surface area contributed by atoms with Crippen LogP contribution >= 0.6 is 11.8 Å². The third kappa shape index (κ3) is 7.66. The maximum atomic E-state index is 11.2. The normalized spacial score (nSPS) is 14.9. The van der Waals surface area contributed by atoms with Crippen molar-refractivity contribution in [2.24, 2.45) is 0 Å². The smallest absolute Gasteiger partial charge is 0.323 e. The van der Waals surface area contributed by atoms with Crippen molar-refractivity contribution in [2.75, 3.05) is 12.3 Å². The van der Waals surface area contributed by atoms with E-state index in [1.54, 1.807) is 6.92 Å². The van der Waals surface area contributed by atoms with Gasteiger partial charge in [-0.15, -0.1) is 0 Å². The predicted octanol–water partition coefficient (Wildman–Crippen LogP) is 3.14. The molecule has 0 aliphatic heterocycles. The molecule has 0 aromatic carbocycles. The van der Waals surface area contributed by atoms with Gasteiger partial charge in [-0.05, 0) is 43.7 Å². The second kappa shape index (κ2) is 8.81. The topological polar surface area (TPSA) is 49.3 Å². The fourth-order valence-electron chi connectivity index (χ4n) is 1.57. The number of hydrogen-bond donors (Lipinski definition) is 2. The van der Waals surface area contributed by atoms with Crippen molar-refractivity contribution in [3.8, 4) is 0 Å². The monoisotopic (exact) mass is 261 g/mol. The lowest BCUT2D eigenvalue weighted by Crippen LogP contribution is -2.49. The van der Waals surface area contributed by atoms with E-state index in [0.717, 1.165) is 31.6 Å². The third-order valence-corrected chi connectivity index (χ3v) is 3.95. The molecule has 0 rings (SSSR count). The van der Waals surface area contributed by atoms with Gasteiger partial charge in [0, 0.05) is 0 Å². The molecule has 3 nitrogen and oxygen atoms in total. The van der Waals surface area contributed by atoms with E-state index >= 15 is 0 Å². The van der Waals surface area contributed by atoms with Gasteiger partial charge in [0.25, 0.3) is 0 Å². The summed E-state index contributed by atoms with van der Waals surface area (Å²) in [5, 5.41) is 13.0. The summed E-state index contributed by atoms with van der Waals surface area (Å²) in [5.41, 5.74) is -0.751. The van der Waals surface area contributed by atoms with Crippen molar-refractivity contribution in [1.29, 1.82) is 0 Å². The first-order valence-corrected chi connectivity index (χ1v) is 7.57. The van der Waals surface area contributed by atoms with E-state index < -0.39 is 11.5 Å². The Balaban J connectivity index is 3.88. The average Bonchev–Trinajstić information content (AvgIpc) is 2.25. The second-order valence-electron chi connectivity index (χ2n) is 4.94. The van der Waals surface area contributed by atoms with Crippen LogP contribution in [0.5, 0.6) is 0 Å². The Bertz CT molecular complexity index is 221. The van der Waals surface area contributed by atoms with Crippen molar-refractivity contribution < 1.29 is 9.90 Å². The molecule has 0 bridgehead atoms. The first kappa shape index (κ1) is 16.8. The molecule has 1 atom stereocenters. The quantitative estimate of drug-likeness (QED) is 0.593. The Labute approximate surface area is 110 Å². The van der Waals surface area contributed by atoms with Crippen LogP contribution in [0.4, 0.5) is 0 Å². The number of unbranched alkanes of at least 4 members (excludes halogenated alkanes) is 1. The largest absolute Gasteiger partial charge is 0.480 e. The SMILES string of the molecule is CCCNC(C)(CCCCSC(C)C)C(=O)O. The summed E-state index contributed by atoms with van der Waals surface area (Å²) in [6.07, 6.45) is 3.74. The minimum absolute atomic E-state index is 0.666. The average molecular weight is 261 g/mol. The van der Waals surface area contributed by atoms with Crippen LogP contribution in [-0.2, 0) is 4.79 Å². The van der Waals surface area contributed by atoms with Gasteiger partial charge in [0.15, 0.2) is 0 Å². The van der Waals surface area contributed by atoms with Crippen LogP contribution in [-0.4, -0.2) is 34.2 Å². The predicted molar refractivity (Wildman–Crippen MR) is 75.8 cm³/mol. The van der Waals surface area contributed by atoms with Crippen LogP contribution in [0.15, 0.2) is 0 Å². The Kier molecular flexibility index (Phi) is 8.70.